The number of hydrogen-bond acceptors (Lipinski definition) is 3. The first-order valence-corrected chi connectivity index (χ1v) is 7.90. The fourth-order valence-corrected chi connectivity index (χ4v) is 3.00. The molecular formula is C18H15F3N2O3. The molecule has 1 unspecified atom stereocenters. The molecule has 2 aromatic carbocycles. The van der Waals surface area contributed by atoms with Gasteiger partial charge in [-0.05, 0) is 16.3 Å². The van der Waals surface area contributed by atoms with Gasteiger partial charge in [0.2, 0.25) is 11.7 Å². The molecule has 1 fully saturated rings. The van der Waals surface area contributed by atoms with Crippen molar-refractivity contribution < 1.29 is 27.6 Å². The number of nitrogens with zero attached hydrogens (tertiary/aromatic N) is 1. The van der Waals surface area contributed by atoms with Crippen molar-refractivity contribution in [2.45, 2.75) is 12.7 Å². The lowest BCUT2D eigenvalue weighted by atomic mass is 10.0. The van der Waals surface area contributed by atoms with Crippen LogP contribution in [0.4, 0.5) is 13.2 Å². The number of carbonyl (C=O) groups excluding carboxylic acids is 3. The van der Waals surface area contributed by atoms with Crippen molar-refractivity contribution in [2.75, 3.05) is 13.1 Å². The summed E-state index contributed by atoms with van der Waals surface area (Å²) >= 11 is 0. The number of Topliss-reactive ketones (excluding diaryl/α,β-unsaturated/α-hetero) is 1. The van der Waals surface area contributed by atoms with Crippen LogP contribution < -0.4 is 5.32 Å². The molecule has 1 heterocycles. The Morgan fingerprint density at radius 3 is 2.54 bits per heavy atom. The van der Waals surface area contributed by atoms with Crippen molar-refractivity contribution in [3.8, 4) is 0 Å². The van der Waals surface area contributed by atoms with Gasteiger partial charge in [0.15, 0.2) is 0 Å². The summed E-state index contributed by atoms with van der Waals surface area (Å²) in [5.41, 5.74) is 0.806. The molecule has 2 amide bonds. The van der Waals surface area contributed by atoms with E-state index in [1.165, 1.54) is 0 Å². The van der Waals surface area contributed by atoms with Crippen LogP contribution in [0.2, 0.25) is 0 Å². The summed E-state index contributed by atoms with van der Waals surface area (Å²) in [6, 6.07) is 13.1. The summed E-state index contributed by atoms with van der Waals surface area (Å²) in [6.07, 6.45) is -4.62. The smallest absolute Gasteiger partial charge is 0.351 e. The maximum Gasteiger partial charge on any atom is 0.406 e. The summed E-state index contributed by atoms with van der Waals surface area (Å²) in [6.45, 7) is -1.99. The molecule has 0 bridgehead atoms. The molecule has 0 radical (unpaired) electrons. The predicted molar refractivity (Wildman–Crippen MR) is 86.9 cm³/mol. The first kappa shape index (κ1) is 17.9. The van der Waals surface area contributed by atoms with Crippen LogP contribution in [0, 0.1) is 5.92 Å². The van der Waals surface area contributed by atoms with E-state index in [-0.39, 0.29) is 6.54 Å². The number of fused-ring (bicyclic) bond motifs is 1. The second-order valence-electron chi connectivity index (χ2n) is 6.07. The van der Waals surface area contributed by atoms with Crippen molar-refractivity contribution in [3.05, 3.63) is 48.0 Å². The highest BCUT2D eigenvalue weighted by Gasteiger charge is 2.46. The number of nitrogens with one attached hydrogen (secondary N) is 1. The van der Waals surface area contributed by atoms with Gasteiger partial charge in [-0.15, -0.1) is 0 Å². The van der Waals surface area contributed by atoms with E-state index >= 15 is 0 Å². The van der Waals surface area contributed by atoms with Gasteiger partial charge in [-0.2, -0.15) is 13.2 Å². The zero-order valence-electron chi connectivity index (χ0n) is 13.5. The third-order valence-electron chi connectivity index (χ3n) is 4.24. The molecule has 0 saturated carbocycles. The Bertz CT molecular complexity index is 874. The Labute approximate surface area is 146 Å². The lowest BCUT2D eigenvalue weighted by molar-refractivity contribution is -0.159. The quantitative estimate of drug-likeness (QED) is 0.667. The minimum atomic E-state index is -4.62. The number of benzene rings is 2. The fraction of sp³-hybridized carbons (Fsp3) is 0.278. The Morgan fingerprint density at radius 1 is 1.12 bits per heavy atom. The topological polar surface area (TPSA) is 66.5 Å². The molecule has 26 heavy (non-hydrogen) atoms. The van der Waals surface area contributed by atoms with Crippen LogP contribution >= 0.6 is 0 Å². The summed E-state index contributed by atoms with van der Waals surface area (Å²) in [4.78, 5) is 36.1. The average molecular weight is 364 g/mol. The van der Waals surface area contributed by atoms with Crippen molar-refractivity contribution >= 4 is 28.4 Å². The van der Waals surface area contributed by atoms with E-state index in [0.717, 1.165) is 16.3 Å². The lowest BCUT2D eigenvalue weighted by Crippen LogP contribution is -2.37. The highest BCUT2D eigenvalue weighted by Crippen LogP contribution is 2.23. The van der Waals surface area contributed by atoms with Crippen LogP contribution in [0.5, 0.6) is 0 Å². The fourth-order valence-electron chi connectivity index (χ4n) is 3.00. The van der Waals surface area contributed by atoms with Crippen LogP contribution in [0.15, 0.2) is 42.5 Å². The molecule has 1 N–H and O–H groups in total. The molecule has 136 valence electrons. The van der Waals surface area contributed by atoms with E-state index in [1.54, 1.807) is 6.07 Å². The number of alkyl halides is 3. The largest absolute Gasteiger partial charge is 0.406 e. The van der Waals surface area contributed by atoms with Crippen molar-refractivity contribution in [1.82, 2.24) is 10.2 Å². The molecule has 0 aliphatic carbocycles. The highest BCUT2D eigenvalue weighted by atomic mass is 19.4. The molecule has 1 aliphatic rings. The Kier molecular flexibility index (Phi) is 4.67. The van der Waals surface area contributed by atoms with E-state index in [4.69, 9.17) is 0 Å². The number of ketones is 1. The number of carbonyl (C=O) groups is 3. The van der Waals surface area contributed by atoms with E-state index in [9.17, 15) is 27.6 Å². The molecule has 0 spiro atoms. The average Bonchev–Trinajstić information content (AvgIpc) is 2.86. The Morgan fingerprint density at radius 2 is 1.81 bits per heavy atom. The van der Waals surface area contributed by atoms with Gasteiger partial charge >= 0.3 is 6.18 Å². The van der Waals surface area contributed by atoms with Crippen LogP contribution in [-0.2, 0) is 20.9 Å². The SMILES string of the molecule is O=C(NCc1cccc2ccccc12)C1CN(CC(F)(F)F)C(=O)C1=O. The van der Waals surface area contributed by atoms with Gasteiger partial charge in [0.1, 0.15) is 12.5 Å². The number of hydrogen-bond donors (Lipinski definition) is 1. The Hall–Kier alpha value is -2.90. The van der Waals surface area contributed by atoms with E-state index < -0.39 is 42.8 Å². The van der Waals surface area contributed by atoms with Gasteiger partial charge in [-0.1, -0.05) is 42.5 Å². The lowest BCUT2D eigenvalue weighted by Gasteiger charge is -2.17. The first-order chi connectivity index (χ1) is 12.3. The standard InChI is InChI=1S/C18H15F3N2O3/c19-18(20,21)10-23-9-14(15(24)17(23)26)16(25)22-8-12-6-3-5-11-4-1-2-7-13(11)12/h1-7,14H,8-10H2,(H,22,25). The third kappa shape index (κ3) is 3.68. The second kappa shape index (κ2) is 6.78. The van der Waals surface area contributed by atoms with Crippen molar-refractivity contribution in [1.29, 1.82) is 0 Å². The molecule has 5 nitrogen and oxygen atoms in total. The summed E-state index contributed by atoms with van der Waals surface area (Å²) in [5.74, 6) is -4.54. The zero-order chi connectivity index (χ0) is 18.9. The zero-order valence-corrected chi connectivity index (χ0v) is 13.5. The van der Waals surface area contributed by atoms with Gasteiger partial charge in [-0.3, -0.25) is 14.4 Å². The number of halogens is 3. The summed E-state index contributed by atoms with van der Waals surface area (Å²) < 4.78 is 37.3. The molecule has 8 heteroatoms. The van der Waals surface area contributed by atoms with Gasteiger partial charge in [0.05, 0.1) is 0 Å². The molecule has 1 atom stereocenters. The number of amides is 2. The Balaban J connectivity index is 1.68. The van der Waals surface area contributed by atoms with Crippen LogP contribution in [0.3, 0.4) is 0 Å². The molecule has 0 aromatic heterocycles. The van der Waals surface area contributed by atoms with Crippen molar-refractivity contribution in [3.63, 3.8) is 0 Å². The van der Waals surface area contributed by atoms with Crippen LogP contribution in [-0.4, -0.2) is 41.8 Å². The van der Waals surface area contributed by atoms with E-state index in [0.29, 0.717) is 4.90 Å². The minimum absolute atomic E-state index is 0.109. The summed E-state index contributed by atoms with van der Waals surface area (Å²) in [7, 11) is 0. The van der Waals surface area contributed by atoms with Gasteiger partial charge in [0, 0.05) is 13.1 Å². The van der Waals surface area contributed by atoms with E-state index in [1.807, 2.05) is 36.4 Å². The molecule has 1 saturated heterocycles. The number of likely N-dealkylation sites (tertiary alicyclic amines) is 1. The molecule has 1 aliphatic heterocycles. The van der Waals surface area contributed by atoms with E-state index in [2.05, 4.69) is 5.32 Å². The van der Waals surface area contributed by atoms with Crippen molar-refractivity contribution in [2.24, 2.45) is 5.92 Å². The van der Waals surface area contributed by atoms with Crippen LogP contribution in [0.1, 0.15) is 5.56 Å². The minimum Gasteiger partial charge on any atom is -0.351 e. The first-order valence-electron chi connectivity index (χ1n) is 7.90. The van der Waals surface area contributed by atoms with Gasteiger partial charge in [-0.25, -0.2) is 0 Å². The van der Waals surface area contributed by atoms with Gasteiger partial charge in [0.25, 0.3) is 5.91 Å². The maximum atomic E-state index is 12.4. The van der Waals surface area contributed by atoms with Crippen LogP contribution in [0.25, 0.3) is 10.8 Å². The summed E-state index contributed by atoms with van der Waals surface area (Å²) in [5, 5.41) is 4.44. The van der Waals surface area contributed by atoms with Gasteiger partial charge < -0.3 is 10.2 Å². The third-order valence-corrected chi connectivity index (χ3v) is 4.24. The maximum absolute atomic E-state index is 12.4. The number of rotatable bonds is 4. The molecule has 2 aromatic rings. The molecular weight excluding hydrogens is 349 g/mol. The predicted octanol–water partition coefficient (Wildman–Crippen LogP) is 2.05. The monoisotopic (exact) mass is 364 g/mol. The second-order valence-corrected chi connectivity index (χ2v) is 6.07. The molecule has 3 rings (SSSR count). The normalized spacial score (nSPS) is 17.8. The highest BCUT2D eigenvalue weighted by molar-refractivity contribution is 6.42.